The van der Waals surface area contributed by atoms with Gasteiger partial charge >= 0.3 is 57.1 Å². The minimum atomic E-state index is -1.88. The monoisotopic (exact) mass is 234 g/mol. The van der Waals surface area contributed by atoms with E-state index >= 15 is 0 Å². The van der Waals surface area contributed by atoms with Crippen molar-refractivity contribution in [2.45, 2.75) is 0 Å². The Labute approximate surface area is 124 Å². The van der Waals surface area contributed by atoms with Crippen molar-refractivity contribution in [1.29, 1.82) is 0 Å². The Kier molecular flexibility index (Phi) is 3.62. The maximum Gasteiger partial charge on any atom is 1.00 e. The summed E-state index contributed by atoms with van der Waals surface area (Å²) in [5.74, 6) is 0. The molecule has 0 fully saturated rings. The third-order valence-electron chi connectivity index (χ3n) is 1.67. The molecule has 0 aromatic carbocycles. The van der Waals surface area contributed by atoms with Crippen molar-refractivity contribution < 1.29 is 61.3 Å². The van der Waals surface area contributed by atoms with E-state index in [-0.39, 0.29) is 67.1 Å². The van der Waals surface area contributed by atoms with Gasteiger partial charge in [0.05, 0.1) is 6.33 Å². The van der Waals surface area contributed by atoms with Crippen LogP contribution in [0.1, 0.15) is 0 Å². The van der Waals surface area contributed by atoms with E-state index in [2.05, 4.69) is 15.0 Å². The molecule has 0 aliphatic rings. The van der Waals surface area contributed by atoms with Gasteiger partial charge < -0.3 is 14.9 Å². The van der Waals surface area contributed by atoms with Gasteiger partial charge in [-0.2, -0.15) is 0 Å². The summed E-state index contributed by atoms with van der Waals surface area (Å²) in [6.07, 6.45) is -0.713. The third-order valence-corrected chi connectivity index (χ3v) is 1.67. The Morgan fingerprint density at radius 2 is 2.13 bits per heavy atom. The number of hydrogen-bond acceptors (Lipinski definition) is 5. The fourth-order valence-electron chi connectivity index (χ4n) is 1.08. The van der Waals surface area contributed by atoms with Crippen LogP contribution < -0.4 is 67.7 Å². The molecule has 2 aromatic rings. The largest absolute Gasteiger partial charge is 1.00 e. The van der Waals surface area contributed by atoms with E-state index in [1.165, 1.54) is 6.33 Å². The smallest absolute Gasteiger partial charge is 0.529 e. The summed E-state index contributed by atoms with van der Waals surface area (Å²) < 4.78 is -0.0412. The molecule has 15 heavy (non-hydrogen) atoms. The summed E-state index contributed by atoms with van der Waals surface area (Å²) in [4.78, 5) is 40.8. The molecule has 2 N–H and O–H groups in total. The predicted molar refractivity (Wildman–Crippen MR) is 41.8 cm³/mol. The fourth-order valence-corrected chi connectivity index (χ4v) is 1.08. The van der Waals surface area contributed by atoms with Crippen molar-refractivity contribution in [3.05, 3.63) is 27.2 Å². The second-order valence-corrected chi connectivity index (χ2v) is 2.46. The zero-order valence-electron chi connectivity index (χ0n) is 7.60. The van der Waals surface area contributed by atoms with Gasteiger partial charge in [0.25, 0.3) is 5.56 Å². The number of carbonyl (C=O) groups is 1. The molecule has 0 aliphatic carbocycles. The number of nitrogens with zero attached hydrogens (tertiary/aromatic N) is 2. The quantitative estimate of drug-likeness (QED) is 0.440. The van der Waals surface area contributed by atoms with Crippen molar-refractivity contribution in [3.63, 3.8) is 0 Å². The second-order valence-electron chi connectivity index (χ2n) is 2.46. The van der Waals surface area contributed by atoms with Gasteiger partial charge in [-0.1, -0.05) is 0 Å². The topological polar surface area (TPSA) is 124 Å². The number of carboxylic acid groups (broad SMARTS) is 1. The zero-order chi connectivity index (χ0) is 10.3. The van der Waals surface area contributed by atoms with Crippen LogP contribution in [-0.4, -0.2) is 25.6 Å². The van der Waals surface area contributed by atoms with Crippen LogP contribution in [0.3, 0.4) is 0 Å². The summed E-state index contributed by atoms with van der Waals surface area (Å²) in [5, 5.41) is 10.4. The number of imidazole rings is 1. The van der Waals surface area contributed by atoms with Crippen LogP contribution in [-0.2, 0) is 0 Å². The Bertz CT molecular complexity index is 624. The molecule has 0 unspecified atom stereocenters. The summed E-state index contributed by atoms with van der Waals surface area (Å²) in [5.41, 5.74) is -2.16. The Morgan fingerprint density at radius 3 is 2.73 bits per heavy atom. The van der Waals surface area contributed by atoms with Crippen LogP contribution in [0, 0.1) is 0 Å². The first-order valence-corrected chi connectivity index (χ1v) is 3.51. The van der Waals surface area contributed by atoms with Crippen LogP contribution in [0.15, 0.2) is 15.9 Å². The Morgan fingerprint density at radius 1 is 1.47 bits per heavy atom. The summed E-state index contributed by atoms with van der Waals surface area (Å²) in [7, 11) is 0. The fraction of sp³-hybridized carbons (Fsp3) is 0. The molecule has 0 spiro atoms. The Hall–Kier alpha value is -0.744. The van der Waals surface area contributed by atoms with Crippen molar-refractivity contribution in [1.82, 2.24) is 19.5 Å². The van der Waals surface area contributed by atoms with Gasteiger partial charge in [-0.25, -0.2) is 14.3 Å². The van der Waals surface area contributed by atoms with Crippen molar-refractivity contribution >= 4 is 17.3 Å². The third kappa shape index (κ3) is 1.96. The van der Waals surface area contributed by atoms with E-state index in [4.69, 9.17) is 0 Å². The molecular weight excluding hydrogens is 231 g/mol. The van der Waals surface area contributed by atoms with E-state index in [1.54, 1.807) is 0 Å². The van der Waals surface area contributed by atoms with Crippen molar-refractivity contribution in [3.8, 4) is 0 Å². The van der Waals surface area contributed by atoms with Gasteiger partial charge in [-0.05, 0) is 0 Å². The van der Waals surface area contributed by atoms with Crippen LogP contribution in [0.25, 0.3) is 11.2 Å². The normalized spacial score (nSPS) is 9.87. The summed E-state index contributed by atoms with van der Waals surface area (Å²) in [6, 6.07) is 0. The molecule has 9 heteroatoms. The maximum absolute atomic E-state index is 11.3. The molecular formula is C6H3KN4O4. The number of fused-ring (bicyclic) bond motifs is 1. The number of aromatic amines is 2. The summed E-state index contributed by atoms with van der Waals surface area (Å²) in [6.45, 7) is 0. The molecule has 2 rings (SSSR count). The molecule has 0 atom stereocenters. The van der Waals surface area contributed by atoms with Crippen LogP contribution in [0.5, 0.6) is 0 Å². The molecule has 0 amide bonds. The van der Waals surface area contributed by atoms with E-state index in [0.717, 1.165) is 0 Å². The van der Waals surface area contributed by atoms with Crippen molar-refractivity contribution in [2.75, 3.05) is 0 Å². The average Bonchev–Trinajstić information content (AvgIpc) is 2.50. The summed E-state index contributed by atoms with van der Waals surface area (Å²) >= 11 is 0. The van der Waals surface area contributed by atoms with E-state index in [9.17, 15) is 19.5 Å². The number of H-pyrrole nitrogens is 2. The van der Waals surface area contributed by atoms with Gasteiger partial charge in [-0.3, -0.25) is 9.78 Å². The second kappa shape index (κ2) is 4.41. The van der Waals surface area contributed by atoms with Gasteiger partial charge in [0.1, 0.15) is 5.52 Å². The molecule has 0 saturated carbocycles. The van der Waals surface area contributed by atoms with E-state index < -0.39 is 17.3 Å². The number of rotatable bonds is 0. The molecule has 0 saturated heterocycles. The standard InChI is InChI=1S/C6H4N4O4.K/c11-4-2-3(8-1-7-2)9-5(12)10(4)6(13)14;/h1H,(H,7,8)(H,9,12)(H,13,14);/q;+1/p-1. The molecule has 8 nitrogen and oxygen atoms in total. The first kappa shape index (κ1) is 12.3. The molecule has 0 bridgehead atoms. The van der Waals surface area contributed by atoms with Crippen LogP contribution in [0.4, 0.5) is 4.79 Å². The van der Waals surface area contributed by atoms with E-state index in [1.807, 2.05) is 0 Å². The number of nitrogens with one attached hydrogen (secondary N) is 2. The van der Waals surface area contributed by atoms with Gasteiger partial charge in [0.15, 0.2) is 11.7 Å². The SMILES string of the molecule is O=C([O-])n1c(=O)[nH]c2nc[nH]c2c1=O.[K+]. The van der Waals surface area contributed by atoms with Gasteiger partial charge in [0.2, 0.25) is 0 Å². The molecule has 72 valence electrons. The first-order valence-electron chi connectivity index (χ1n) is 3.51. The van der Waals surface area contributed by atoms with Gasteiger partial charge in [0, 0.05) is 0 Å². The minimum absolute atomic E-state index is 0. The predicted octanol–water partition coefficient (Wildman–Crippen LogP) is -5.39. The molecule has 2 heterocycles. The van der Waals surface area contributed by atoms with Gasteiger partial charge in [-0.15, -0.1) is 0 Å². The first-order chi connectivity index (χ1) is 6.61. The molecule has 0 aliphatic heterocycles. The van der Waals surface area contributed by atoms with Crippen LogP contribution in [0.2, 0.25) is 0 Å². The molecule has 2 aromatic heterocycles. The maximum atomic E-state index is 11.3. The average molecular weight is 234 g/mol. The molecule has 0 radical (unpaired) electrons. The van der Waals surface area contributed by atoms with Crippen molar-refractivity contribution in [2.24, 2.45) is 0 Å². The Balaban J connectivity index is 0.00000112. The number of hydrogen-bond donors (Lipinski definition) is 2. The number of carbonyl (C=O) groups excluding carboxylic acids is 1. The zero-order valence-corrected chi connectivity index (χ0v) is 10.7. The van der Waals surface area contributed by atoms with Crippen LogP contribution >= 0.6 is 0 Å². The van der Waals surface area contributed by atoms with E-state index in [0.29, 0.717) is 0 Å². The minimum Gasteiger partial charge on any atom is -0.529 e. The number of aromatic nitrogens is 4.